The van der Waals surface area contributed by atoms with Gasteiger partial charge >= 0.3 is 0 Å². The zero-order chi connectivity index (χ0) is 9.68. The first-order valence-corrected chi connectivity index (χ1v) is 4.41. The maximum Gasteiger partial charge on any atom is 0.129 e. The van der Waals surface area contributed by atoms with E-state index >= 15 is 0 Å². The lowest BCUT2D eigenvalue weighted by Gasteiger charge is -2.04. The number of phenolic OH excluding ortho intramolecular Hbond substituents is 1. The quantitative estimate of drug-likeness (QED) is 0.757. The molecule has 1 aromatic carbocycles. The molecule has 0 saturated heterocycles. The first kappa shape index (κ1) is 9.93. The Labute approximate surface area is 82.4 Å². The molecular weight excluding hydrogens is 188 g/mol. The molecule has 0 unspecified atom stereocenters. The van der Waals surface area contributed by atoms with Crippen molar-refractivity contribution in [3.63, 3.8) is 0 Å². The highest BCUT2D eigenvalue weighted by molar-refractivity contribution is 6.19. The number of rotatable bonds is 3. The maximum absolute atomic E-state index is 9.16. The topological polar surface area (TPSA) is 29.5 Å². The van der Waals surface area contributed by atoms with Gasteiger partial charge in [0, 0.05) is 17.5 Å². The maximum atomic E-state index is 9.16. The van der Waals surface area contributed by atoms with Gasteiger partial charge in [-0.3, -0.25) is 0 Å². The number of benzene rings is 1. The Hall–Kier alpha value is -1.15. The summed E-state index contributed by atoms with van der Waals surface area (Å²) in [6.07, 6.45) is 3.67. The summed E-state index contributed by atoms with van der Waals surface area (Å²) in [5, 5.41) is 9.16. The van der Waals surface area contributed by atoms with E-state index in [1.54, 1.807) is 25.3 Å². The van der Waals surface area contributed by atoms with Gasteiger partial charge in [0.2, 0.25) is 0 Å². The number of ether oxygens (including phenoxy) is 1. The average molecular weight is 199 g/mol. The van der Waals surface area contributed by atoms with Crippen molar-refractivity contribution in [3.8, 4) is 11.5 Å². The molecule has 0 saturated carbocycles. The van der Waals surface area contributed by atoms with Gasteiger partial charge in [-0.05, 0) is 12.1 Å². The minimum Gasteiger partial charge on any atom is -0.508 e. The van der Waals surface area contributed by atoms with Gasteiger partial charge in [-0.2, -0.15) is 0 Å². The predicted molar refractivity (Wildman–Crippen MR) is 54.4 cm³/mol. The summed E-state index contributed by atoms with van der Waals surface area (Å²) in [6, 6.07) is 4.95. The van der Waals surface area contributed by atoms with Crippen molar-refractivity contribution < 1.29 is 9.84 Å². The number of hydrogen-bond donors (Lipinski definition) is 1. The van der Waals surface area contributed by atoms with Crippen LogP contribution in [0.4, 0.5) is 0 Å². The molecule has 0 radical (unpaired) electrons. The van der Waals surface area contributed by atoms with Crippen molar-refractivity contribution in [3.05, 3.63) is 29.8 Å². The Balaban J connectivity index is 2.99. The van der Waals surface area contributed by atoms with Crippen LogP contribution < -0.4 is 4.74 Å². The van der Waals surface area contributed by atoms with Crippen LogP contribution in [0.3, 0.4) is 0 Å². The smallest absolute Gasteiger partial charge is 0.129 e. The second kappa shape index (κ2) is 4.77. The number of allylic oxidation sites excluding steroid dienone is 1. The molecule has 3 heteroatoms. The molecule has 0 bridgehead atoms. The fourth-order valence-corrected chi connectivity index (χ4v) is 1.10. The summed E-state index contributed by atoms with van der Waals surface area (Å²) in [6.45, 7) is 0. The van der Waals surface area contributed by atoms with E-state index in [0.717, 1.165) is 5.56 Å². The number of methoxy groups -OCH3 is 1. The van der Waals surface area contributed by atoms with Crippen molar-refractivity contribution in [2.24, 2.45) is 0 Å². The largest absolute Gasteiger partial charge is 0.508 e. The van der Waals surface area contributed by atoms with Crippen LogP contribution in [0.15, 0.2) is 24.3 Å². The Bertz CT molecular complexity index is 308. The van der Waals surface area contributed by atoms with Crippen molar-refractivity contribution in [1.29, 1.82) is 0 Å². The molecule has 0 aliphatic heterocycles. The van der Waals surface area contributed by atoms with Gasteiger partial charge in [-0.1, -0.05) is 12.2 Å². The Kier molecular flexibility index (Phi) is 3.65. The third-order valence-corrected chi connectivity index (χ3v) is 1.78. The second-order valence-electron chi connectivity index (χ2n) is 2.48. The second-order valence-corrected chi connectivity index (χ2v) is 2.79. The summed E-state index contributed by atoms with van der Waals surface area (Å²) >= 11 is 5.50. The van der Waals surface area contributed by atoms with Crippen LogP contribution >= 0.6 is 11.6 Å². The highest BCUT2D eigenvalue weighted by atomic mass is 35.5. The van der Waals surface area contributed by atoms with E-state index in [9.17, 15) is 0 Å². The van der Waals surface area contributed by atoms with Crippen LogP contribution in [0.2, 0.25) is 0 Å². The third kappa shape index (κ3) is 2.67. The Morgan fingerprint density at radius 3 is 2.92 bits per heavy atom. The Morgan fingerprint density at radius 2 is 2.31 bits per heavy atom. The minimum atomic E-state index is 0.194. The van der Waals surface area contributed by atoms with E-state index in [4.69, 9.17) is 21.4 Å². The molecule has 2 nitrogen and oxygen atoms in total. The first-order valence-electron chi connectivity index (χ1n) is 3.87. The van der Waals surface area contributed by atoms with Crippen molar-refractivity contribution in [1.82, 2.24) is 0 Å². The summed E-state index contributed by atoms with van der Waals surface area (Å²) < 4.78 is 5.07. The van der Waals surface area contributed by atoms with Crippen LogP contribution in [-0.4, -0.2) is 18.1 Å². The number of halogens is 1. The summed E-state index contributed by atoms with van der Waals surface area (Å²) in [5.41, 5.74) is 0.904. The van der Waals surface area contributed by atoms with Crippen LogP contribution in [0, 0.1) is 0 Å². The first-order chi connectivity index (χ1) is 6.27. The van der Waals surface area contributed by atoms with Gasteiger partial charge in [0.15, 0.2) is 0 Å². The number of phenols is 1. The lowest BCUT2D eigenvalue weighted by molar-refractivity contribution is 0.407. The normalized spacial score (nSPS) is 10.6. The van der Waals surface area contributed by atoms with Gasteiger partial charge < -0.3 is 9.84 Å². The van der Waals surface area contributed by atoms with E-state index in [1.807, 2.05) is 12.2 Å². The Morgan fingerprint density at radius 1 is 1.54 bits per heavy atom. The van der Waals surface area contributed by atoms with Gasteiger partial charge in [0.25, 0.3) is 0 Å². The summed E-state index contributed by atoms with van der Waals surface area (Å²) in [7, 11) is 1.56. The average Bonchev–Trinajstić information content (AvgIpc) is 2.16. The molecule has 0 fully saturated rings. The van der Waals surface area contributed by atoms with E-state index in [2.05, 4.69) is 0 Å². The molecule has 0 aliphatic carbocycles. The fraction of sp³-hybridized carbons (Fsp3) is 0.200. The van der Waals surface area contributed by atoms with E-state index in [1.165, 1.54) is 0 Å². The van der Waals surface area contributed by atoms with Gasteiger partial charge in [-0.15, -0.1) is 11.6 Å². The molecule has 1 aromatic rings. The number of aromatic hydroxyl groups is 1. The predicted octanol–water partition coefficient (Wildman–Crippen LogP) is 2.65. The van der Waals surface area contributed by atoms with Gasteiger partial charge in [0.1, 0.15) is 11.5 Å². The monoisotopic (exact) mass is 198 g/mol. The highest BCUT2D eigenvalue weighted by Crippen LogP contribution is 2.24. The molecule has 0 atom stereocenters. The molecule has 70 valence electrons. The van der Waals surface area contributed by atoms with Crippen LogP contribution in [-0.2, 0) is 0 Å². The fourth-order valence-electron chi connectivity index (χ4n) is 1.01. The highest BCUT2D eigenvalue weighted by Gasteiger charge is 1.99. The summed E-state index contributed by atoms with van der Waals surface area (Å²) in [5.74, 6) is 1.30. The lowest BCUT2D eigenvalue weighted by Crippen LogP contribution is -1.86. The number of hydrogen-bond acceptors (Lipinski definition) is 2. The summed E-state index contributed by atoms with van der Waals surface area (Å²) in [4.78, 5) is 0. The molecule has 0 heterocycles. The van der Waals surface area contributed by atoms with Crippen molar-refractivity contribution >= 4 is 17.7 Å². The van der Waals surface area contributed by atoms with Gasteiger partial charge in [-0.25, -0.2) is 0 Å². The van der Waals surface area contributed by atoms with Crippen LogP contribution in [0.5, 0.6) is 11.5 Å². The molecular formula is C10H11ClO2. The lowest BCUT2D eigenvalue weighted by atomic mass is 10.2. The molecule has 1 rings (SSSR count). The molecule has 0 spiro atoms. The van der Waals surface area contributed by atoms with Crippen molar-refractivity contribution in [2.75, 3.05) is 13.0 Å². The van der Waals surface area contributed by atoms with E-state index in [0.29, 0.717) is 11.6 Å². The molecule has 0 amide bonds. The minimum absolute atomic E-state index is 0.194. The molecule has 0 aromatic heterocycles. The van der Waals surface area contributed by atoms with Crippen LogP contribution in [0.1, 0.15) is 5.56 Å². The van der Waals surface area contributed by atoms with Gasteiger partial charge in [0.05, 0.1) is 7.11 Å². The standard InChI is InChI=1S/C10H11ClO2/c1-13-10-7-9(12)5-4-8(10)3-2-6-11/h2-5,7,12H,6H2,1H3. The molecule has 0 aliphatic rings. The van der Waals surface area contributed by atoms with E-state index < -0.39 is 0 Å². The third-order valence-electron chi connectivity index (χ3n) is 1.60. The zero-order valence-corrected chi connectivity index (χ0v) is 8.08. The SMILES string of the molecule is COc1cc(O)ccc1C=CCCl. The zero-order valence-electron chi connectivity index (χ0n) is 7.33. The molecule has 1 N–H and O–H groups in total. The van der Waals surface area contributed by atoms with E-state index in [-0.39, 0.29) is 5.75 Å². The molecule has 13 heavy (non-hydrogen) atoms. The van der Waals surface area contributed by atoms with Crippen molar-refractivity contribution in [2.45, 2.75) is 0 Å². The number of alkyl halides is 1. The van der Waals surface area contributed by atoms with Crippen LogP contribution in [0.25, 0.3) is 6.08 Å².